The third-order valence-corrected chi connectivity index (χ3v) is 3.00. The van der Waals surface area contributed by atoms with Crippen LogP contribution >= 0.6 is 0 Å². The van der Waals surface area contributed by atoms with Crippen LogP contribution < -0.4 is 5.73 Å². The molecule has 0 bridgehead atoms. The van der Waals surface area contributed by atoms with Gasteiger partial charge in [0.05, 0.1) is 22.9 Å². The van der Waals surface area contributed by atoms with Crippen molar-refractivity contribution in [1.29, 1.82) is 0 Å². The van der Waals surface area contributed by atoms with Crippen LogP contribution in [0.3, 0.4) is 0 Å². The van der Waals surface area contributed by atoms with E-state index in [9.17, 15) is 4.39 Å². The second-order valence-corrected chi connectivity index (χ2v) is 4.41. The molecular formula is C13H14FN5. The van der Waals surface area contributed by atoms with E-state index in [1.165, 1.54) is 12.1 Å². The van der Waals surface area contributed by atoms with Crippen LogP contribution in [0.15, 0.2) is 30.6 Å². The van der Waals surface area contributed by atoms with E-state index in [1.807, 2.05) is 17.8 Å². The second-order valence-electron chi connectivity index (χ2n) is 4.41. The van der Waals surface area contributed by atoms with Gasteiger partial charge >= 0.3 is 0 Å². The van der Waals surface area contributed by atoms with Crippen molar-refractivity contribution in [2.75, 3.05) is 6.54 Å². The minimum absolute atomic E-state index is 0.281. The van der Waals surface area contributed by atoms with E-state index < -0.39 is 0 Å². The Morgan fingerprint density at radius 2 is 2.21 bits per heavy atom. The number of imidazole rings is 1. The molecule has 98 valence electrons. The summed E-state index contributed by atoms with van der Waals surface area (Å²) < 4.78 is 17.0. The standard InChI is InChI=1S/C13H14FN5/c1-18-8-10(7-16-18)19-12-6-9(14)2-3-11(12)17-13(19)4-5-15/h2-3,6-8H,4-5,15H2,1H3. The molecule has 0 saturated carbocycles. The molecule has 3 aromatic rings. The van der Waals surface area contributed by atoms with Crippen LogP contribution in [0.5, 0.6) is 0 Å². The van der Waals surface area contributed by atoms with E-state index >= 15 is 0 Å². The van der Waals surface area contributed by atoms with Crippen LogP contribution in [0.1, 0.15) is 5.82 Å². The fourth-order valence-corrected chi connectivity index (χ4v) is 2.21. The molecule has 2 N–H and O–H groups in total. The Labute approximate surface area is 109 Å². The maximum Gasteiger partial charge on any atom is 0.125 e. The monoisotopic (exact) mass is 259 g/mol. The topological polar surface area (TPSA) is 61.7 Å². The molecule has 0 saturated heterocycles. The van der Waals surface area contributed by atoms with Crippen molar-refractivity contribution in [1.82, 2.24) is 19.3 Å². The molecule has 0 unspecified atom stereocenters. The number of rotatable bonds is 3. The van der Waals surface area contributed by atoms with Gasteiger partial charge in [-0.05, 0) is 18.7 Å². The van der Waals surface area contributed by atoms with Crippen molar-refractivity contribution in [2.45, 2.75) is 6.42 Å². The van der Waals surface area contributed by atoms with E-state index in [0.29, 0.717) is 13.0 Å². The van der Waals surface area contributed by atoms with Crippen LogP contribution in [-0.4, -0.2) is 25.9 Å². The summed E-state index contributed by atoms with van der Waals surface area (Å²) in [5.41, 5.74) is 7.97. The normalized spacial score (nSPS) is 11.3. The molecular weight excluding hydrogens is 245 g/mol. The Bertz CT molecular complexity index is 728. The first-order valence-corrected chi connectivity index (χ1v) is 6.05. The highest BCUT2D eigenvalue weighted by molar-refractivity contribution is 5.78. The Kier molecular flexibility index (Phi) is 2.79. The summed E-state index contributed by atoms with van der Waals surface area (Å²) in [6.07, 6.45) is 4.23. The zero-order valence-electron chi connectivity index (χ0n) is 10.5. The van der Waals surface area contributed by atoms with Gasteiger partial charge in [0, 0.05) is 25.7 Å². The Hall–Kier alpha value is -2.21. The van der Waals surface area contributed by atoms with Gasteiger partial charge in [-0.3, -0.25) is 9.25 Å². The van der Waals surface area contributed by atoms with E-state index in [0.717, 1.165) is 22.5 Å². The summed E-state index contributed by atoms with van der Waals surface area (Å²) in [4.78, 5) is 4.51. The van der Waals surface area contributed by atoms with Crippen LogP contribution in [0.25, 0.3) is 16.7 Å². The lowest BCUT2D eigenvalue weighted by atomic mass is 10.3. The number of hydrogen-bond acceptors (Lipinski definition) is 3. The van der Waals surface area contributed by atoms with Gasteiger partial charge in [-0.2, -0.15) is 5.10 Å². The molecule has 0 atom stereocenters. The number of aryl methyl sites for hydroxylation is 1. The predicted octanol–water partition coefficient (Wildman–Crippen LogP) is 1.40. The number of fused-ring (bicyclic) bond motifs is 1. The number of nitrogens with zero attached hydrogens (tertiary/aromatic N) is 4. The van der Waals surface area contributed by atoms with Crippen molar-refractivity contribution in [3.8, 4) is 5.69 Å². The van der Waals surface area contributed by atoms with Gasteiger partial charge in [-0.25, -0.2) is 9.37 Å². The van der Waals surface area contributed by atoms with E-state index in [-0.39, 0.29) is 5.82 Å². The molecule has 0 amide bonds. The highest BCUT2D eigenvalue weighted by Gasteiger charge is 2.13. The number of hydrogen-bond donors (Lipinski definition) is 1. The first-order chi connectivity index (χ1) is 9.19. The smallest absolute Gasteiger partial charge is 0.125 e. The second kappa shape index (κ2) is 4.47. The quantitative estimate of drug-likeness (QED) is 0.773. The molecule has 0 radical (unpaired) electrons. The average molecular weight is 259 g/mol. The first-order valence-electron chi connectivity index (χ1n) is 6.05. The van der Waals surface area contributed by atoms with Crippen molar-refractivity contribution in [3.63, 3.8) is 0 Å². The molecule has 2 aromatic heterocycles. The SMILES string of the molecule is Cn1cc(-n2c(CCN)nc3ccc(F)cc32)cn1. The molecule has 2 heterocycles. The van der Waals surface area contributed by atoms with Crippen LogP contribution in [0.4, 0.5) is 4.39 Å². The number of halogens is 1. The van der Waals surface area contributed by atoms with Gasteiger partial charge in [0.1, 0.15) is 11.6 Å². The largest absolute Gasteiger partial charge is 0.330 e. The summed E-state index contributed by atoms with van der Waals surface area (Å²) in [7, 11) is 1.84. The first kappa shape index (κ1) is 11.9. The van der Waals surface area contributed by atoms with Gasteiger partial charge in [0.25, 0.3) is 0 Å². The molecule has 1 aromatic carbocycles. The highest BCUT2D eigenvalue weighted by atomic mass is 19.1. The number of aromatic nitrogens is 4. The number of nitrogens with two attached hydrogens (primary N) is 1. The summed E-state index contributed by atoms with van der Waals surface area (Å²) >= 11 is 0. The third kappa shape index (κ3) is 2.00. The van der Waals surface area contributed by atoms with Crippen molar-refractivity contribution >= 4 is 11.0 Å². The molecule has 0 aliphatic carbocycles. The average Bonchev–Trinajstić information content (AvgIpc) is 2.93. The summed E-state index contributed by atoms with van der Waals surface area (Å²) in [5, 5.41) is 4.15. The lowest BCUT2D eigenvalue weighted by Gasteiger charge is -2.05. The summed E-state index contributed by atoms with van der Waals surface area (Å²) in [5.74, 6) is 0.535. The third-order valence-electron chi connectivity index (χ3n) is 3.00. The van der Waals surface area contributed by atoms with E-state index in [2.05, 4.69) is 10.1 Å². The summed E-state index contributed by atoms with van der Waals surface area (Å²) in [6.45, 7) is 0.492. The predicted molar refractivity (Wildman–Crippen MR) is 70.6 cm³/mol. The van der Waals surface area contributed by atoms with Gasteiger partial charge in [0.2, 0.25) is 0 Å². The van der Waals surface area contributed by atoms with Crippen molar-refractivity contribution in [3.05, 3.63) is 42.2 Å². The lowest BCUT2D eigenvalue weighted by molar-refractivity contribution is 0.629. The molecule has 5 nitrogen and oxygen atoms in total. The van der Waals surface area contributed by atoms with E-state index in [1.54, 1.807) is 16.9 Å². The van der Waals surface area contributed by atoms with Gasteiger partial charge in [0.15, 0.2) is 0 Å². The maximum absolute atomic E-state index is 13.4. The summed E-state index contributed by atoms with van der Waals surface area (Å²) in [6, 6.07) is 4.57. The van der Waals surface area contributed by atoms with Crippen LogP contribution in [0.2, 0.25) is 0 Å². The van der Waals surface area contributed by atoms with Gasteiger partial charge in [-0.15, -0.1) is 0 Å². The van der Waals surface area contributed by atoms with Gasteiger partial charge in [-0.1, -0.05) is 0 Å². The van der Waals surface area contributed by atoms with Crippen LogP contribution in [0, 0.1) is 5.82 Å². The minimum Gasteiger partial charge on any atom is -0.330 e. The van der Waals surface area contributed by atoms with E-state index in [4.69, 9.17) is 5.73 Å². The Balaban J connectivity index is 2.29. The Morgan fingerprint density at radius 1 is 1.37 bits per heavy atom. The van der Waals surface area contributed by atoms with Crippen molar-refractivity contribution < 1.29 is 4.39 Å². The fraction of sp³-hybridized carbons (Fsp3) is 0.231. The maximum atomic E-state index is 13.4. The fourth-order valence-electron chi connectivity index (χ4n) is 2.21. The van der Waals surface area contributed by atoms with Crippen LogP contribution in [-0.2, 0) is 13.5 Å². The zero-order valence-corrected chi connectivity index (χ0v) is 10.5. The molecule has 0 aliphatic heterocycles. The molecule has 0 aliphatic rings. The lowest BCUT2D eigenvalue weighted by Crippen LogP contribution is -2.08. The zero-order chi connectivity index (χ0) is 13.4. The molecule has 0 spiro atoms. The molecule has 19 heavy (non-hydrogen) atoms. The highest BCUT2D eigenvalue weighted by Crippen LogP contribution is 2.22. The number of benzene rings is 1. The minimum atomic E-state index is -0.281. The van der Waals surface area contributed by atoms with Crippen molar-refractivity contribution in [2.24, 2.45) is 12.8 Å². The van der Waals surface area contributed by atoms with Gasteiger partial charge < -0.3 is 5.73 Å². The molecule has 6 heteroatoms. The molecule has 0 fully saturated rings. The molecule has 3 rings (SSSR count). The Morgan fingerprint density at radius 3 is 2.89 bits per heavy atom.